The molecule has 0 bridgehead atoms. The Morgan fingerprint density at radius 1 is 0.800 bits per heavy atom. The number of aliphatic hydroxyl groups excluding tert-OH is 1. The van der Waals surface area contributed by atoms with Gasteiger partial charge >= 0.3 is 0 Å². The highest BCUT2D eigenvalue weighted by atomic mass is 28.4. The summed E-state index contributed by atoms with van der Waals surface area (Å²) in [6, 6.07) is 7.80. The van der Waals surface area contributed by atoms with Gasteiger partial charge in [0.1, 0.15) is 25.4 Å². The van der Waals surface area contributed by atoms with Gasteiger partial charge in [-0.1, -0.05) is 65.5 Å². The van der Waals surface area contributed by atoms with E-state index in [9.17, 15) is 5.11 Å². The molecular formula is C39H70O10Si. The van der Waals surface area contributed by atoms with E-state index in [1.165, 1.54) is 0 Å². The summed E-state index contributed by atoms with van der Waals surface area (Å²) in [7, 11) is 6.30. The SMILES string of the molecule is COCO[C@@H]([C@H](C)[C@@H](CCO[Si](C)(C)C(C)(C)C)OCOC)[C@H](C)CC[C@H](OC)C(O)C#C[C@@H](C)C[C@H](COCc1ccc(OC)cc1)OC. The number of rotatable bonds is 26. The van der Waals surface area contributed by atoms with Gasteiger partial charge < -0.3 is 47.4 Å². The fourth-order valence-corrected chi connectivity index (χ4v) is 6.59. The summed E-state index contributed by atoms with van der Waals surface area (Å²) in [6.07, 6.45) is 0.977. The van der Waals surface area contributed by atoms with Gasteiger partial charge in [0.25, 0.3) is 0 Å². The van der Waals surface area contributed by atoms with Crippen LogP contribution in [0.3, 0.4) is 0 Å². The van der Waals surface area contributed by atoms with E-state index >= 15 is 0 Å². The summed E-state index contributed by atoms with van der Waals surface area (Å²) in [6.45, 7) is 19.5. The first kappa shape index (κ1) is 46.5. The van der Waals surface area contributed by atoms with E-state index < -0.39 is 20.5 Å². The van der Waals surface area contributed by atoms with Gasteiger partial charge in [0, 0.05) is 46.9 Å². The summed E-state index contributed by atoms with van der Waals surface area (Å²) in [5.41, 5.74) is 1.06. The molecule has 10 nitrogen and oxygen atoms in total. The molecule has 1 unspecified atom stereocenters. The highest BCUT2D eigenvalue weighted by Gasteiger charge is 2.38. The first-order valence-electron chi connectivity index (χ1n) is 17.9. The first-order chi connectivity index (χ1) is 23.6. The third-order valence-electron chi connectivity index (χ3n) is 9.84. The maximum Gasteiger partial charge on any atom is 0.191 e. The minimum Gasteiger partial charge on any atom is -0.497 e. The van der Waals surface area contributed by atoms with E-state index in [0.717, 1.165) is 24.2 Å². The second-order valence-electron chi connectivity index (χ2n) is 14.8. The van der Waals surface area contributed by atoms with Gasteiger partial charge in [0.15, 0.2) is 8.32 Å². The van der Waals surface area contributed by atoms with Crippen LogP contribution < -0.4 is 4.74 Å². The normalized spacial score (nSPS) is 17.2. The average molecular weight is 727 g/mol. The molecule has 0 saturated carbocycles. The van der Waals surface area contributed by atoms with Crippen molar-refractivity contribution in [1.82, 2.24) is 0 Å². The van der Waals surface area contributed by atoms with E-state index in [4.69, 9.17) is 42.3 Å². The molecule has 0 aliphatic heterocycles. The maximum absolute atomic E-state index is 11.0. The van der Waals surface area contributed by atoms with Gasteiger partial charge in [0.05, 0.1) is 44.7 Å². The fraction of sp³-hybridized carbons (Fsp3) is 0.795. The van der Waals surface area contributed by atoms with Crippen molar-refractivity contribution in [2.45, 2.75) is 122 Å². The number of benzene rings is 1. The minimum absolute atomic E-state index is 0.00653. The smallest absolute Gasteiger partial charge is 0.191 e. The first-order valence-corrected chi connectivity index (χ1v) is 20.8. The highest BCUT2D eigenvalue weighted by molar-refractivity contribution is 6.74. The summed E-state index contributed by atoms with van der Waals surface area (Å²) >= 11 is 0. The van der Waals surface area contributed by atoms with Crippen molar-refractivity contribution >= 4 is 8.32 Å². The Morgan fingerprint density at radius 2 is 1.44 bits per heavy atom. The van der Waals surface area contributed by atoms with Crippen LogP contribution >= 0.6 is 0 Å². The van der Waals surface area contributed by atoms with Crippen molar-refractivity contribution in [3.05, 3.63) is 29.8 Å². The lowest BCUT2D eigenvalue weighted by molar-refractivity contribution is -0.155. The van der Waals surface area contributed by atoms with E-state index in [0.29, 0.717) is 32.7 Å². The molecule has 1 aromatic carbocycles. The zero-order valence-corrected chi connectivity index (χ0v) is 34.4. The van der Waals surface area contributed by atoms with Crippen molar-refractivity contribution in [2.75, 3.05) is 62.3 Å². The van der Waals surface area contributed by atoms with E-state index in [-0.39, 0.29) is 54.7 Å². The Morgan fingerprint density at radius 3 is 2.00 bits per heavy atom. The average Bonchev–Trinajstić information content (AvgIpc) is 3.08. The molecule has 50 heavy (non-hydrogen) atoms. The lowest BCUT2D eigenvalue weighted by Crippen LogP contribution is -2.43. The van der Waals surface area contributed by atoms with E-state index in [1.807, 2.05) is 31.2 Å². The molecule has 0 fully saturated rings. The molecule has 0 saturated heterocycles. The van der Waals surface area contributed by atoms with Crippen LogP contribution in [0.4, 0.5) is 0 Å². The largest absolute Gasteiger partial charge is 0.497 e. The lowest BCUT2D eigenvalue weighted by Gasteiger charge is -2.38. The van der Waals surface area contributed by atoms with Crippen molar-refractivity contribution in [1.29, 1.82) is 0 Å². The van der Waals surface area contributed by atoms with Crippen LogP contribution in [0.2, 0.25) is 18.1 Å². The lowest BCUT2D eigenvalue weighted by atomic mass is 9.84. The van der Waals surface area contributed by atoms with Crippen LogP contribution in [0.1, 0.15) is 72.8 Å². The van der Waals surface area contributed by atoms with E-state index in [2.05, 4.69) is 59.6 Å². The molecule has 0 amide bonds. The van der Waals surface area contributed by atoms with Crippen LogP contribution in [-0.2, 0) is 44.2 Å². The fourth-order valence-electron chi connectivity index (χ4n) is 5.52. The predicted octanol–water partition coefficient (Wildman–Crippen LogP) is 7.07. The highest BCUT2D eigenvalue weighted by Crippen LogP contribution is 2.37. The number of hydrogen-bond acceptors (Lipinski definition) is 10. The molecule has 1 rings (SSSR count). The van der Waals surface area contributed by atoms with Crippen LogP contribution in [0.15, 0.2) is 24.3 Å². The zero-order valence-electron chi connectivity index (χ0n) is 33.4. The maximum atomic E-state index is 11.0. The Bertz CT molecular complexity index is 1070. The third kappa shape index (κ3) is 17.3. The molecule has 0 heterocycles. The Kier molecular flexibility index (Phi) is 22.9. The molecule has 1 aromatic rings. The van der Waals surface area contributed by atoms with Crippen LogP contribution in [0, 0.1) is 29.6 Å². The Balaban J connectivity index is 2.79. The van der Waals surface area contributed by atoms with Crippen LogP contribution in [-0.4, -0.2) is 106 Å². The van der Waals surface area contributed by atoms with Crippen molar-refractivity contribution in [3.63, 3.8) is 0 Å². The second-order valence-corrected chi connectivity index (χ2v) is 19.6. The second kappa shape index (κ2) is 24.6. The molecule has 0 aromatic heterocycles. The minimum atomic E-state index is -1.89. The predicted molar refractivity (Wildman–Crippen MR) is 201 cm³/mol. The van der Waals surface area contributed by atoms with Gasteiger partial charge in [-0.2, -0.15) is 0 Å². The van der Waals surface area contributed by atoms with Gasteiger partial charge in [-0.3, -0.25) is 0 Å². The van der Waals surface area contributed by atoms with Gasteiger partial charge in [0.2, 0.25) is 0 Å². The van der Waals surface area contributed by atoms with Crippen molar-refractivity contribution in [3.8, 4) is 17.6 Å². The van der Waals surface area contributed by atoms with Crippen molar-refractivity contribution < 1.29 is 47.4 Å². The molecule has 1 N–H and O–H groups in total. The summed E-state index contributed by atoms with van der Waals surface area (Å²) in [5, 5.41) is 11.1. The summed E-state index contributed by atoms with van der Waals surface area (Å²) in [4.78, 5) is 0. The number of hydrogen-bond donors (Lipinski definition) is 1. The molecule has 0 aliphatic rings. The van der Waals surface area contributed by atoms with Crippen LogP contribution in [0.25, 0.3) is 0 Å². The number of aliphatic hydroxyl groups is 1. The molecule has 0 spiro atoms. The topological polar surface area (TPSA) is 103 Å². The van der Waals surface area contributed by atoms with E-state index in [1.54, 1.807) is 35.5 Å². The van der Waals surface area contributed by atoms with Gasteiger partial charge in [-0.05, 0) is 67.4 Å². The summed E-state index contributed by atoms with van der Waals surface area (Å²) in [5.74, 6) is 7.19. The van der Waals surface area contributed by atoms with Crippen LogP contribution in [0.5, 0.6) is 5.75 Å². The molecule has 11 heteroatoms. The zero-order chi connectivity index (χ0) is 37.7. The van der Waals surface area contributed by atoms with Gasteiger partial charge in [-0.25, -0.2) is 0 Å². The Hall–Kier alpha value is -1.56. The molecule has 8 atom stereocenters. The monoisotopic (exact) mass is 726 g/mol. The summed E-state index contributed by atoms with van der Waals surface area (Å²) < 4.78 is 52.0. The van der Waals surface area contributed by atoms with Crippen molar-refractivity contribution in [2.24, 2.45) is 17.8 Å². The van der Waals surface area contributed by atoms with Gasteiger partial charge in [-0.15, -0.1) is 0 Å². The standard InChI is InChI=1S/C39H70O10Si/c1-29(24-34(44-10)26-46-25-32-16-18-33(43-9)19-17-32)14-20-35(40)37(45-11)21-15-30(2)38(48-28-42-8)31(3)36(47-27-41-7)22-23-49-50(12,13)39(4,5)6/h16-19,29-31,34-38,40H,15,21-28H2,1-13H3/t29-,30-,31-,34-,35?,36-,37+,38-/m1/s1. The quantitative estimate of drug-likeness (QED) is 0.0606. The number of ether oxygens (including phenoxy) is 8. The molecule has 0 aliphatic carbocycles. The number of methoxy groups -OCH3 is 5. The Labute approximate surface area is 305 Å². The molecular weight excluding hydrogens is 657 g/mol. The molecule has 290 valence electrons. The third-order valence-corrected chi connectivity index (χ3v) is 14.4. The molecule has 0 radical (unpaired) electrons.